The number of para-hydroxylation sites is 1. The molecule has 0 radical (unpaired) electrons. The van der Waals surface area contributed by atoms with Crippen LogP contribution in [0.15, 0.2) is 24.3 Å². The van der Waals surface area contributed by atoms with Crippen LogP contribution in [0.4, 0.5) is 10.5 Å². The van der Waals surface area contributed by atoms with Gasteiger partial charge in [0.15, 0.2) is 0 Å². The van der Waals surface area contributed by atoms with Crippen molar-refractivity contribution in [1.82, 2.24) is 4.90 Å². The van der Waals surface area contributed by atoms with E-state index in [4.69, 9.17) is 4.74 Å². The number of nitrogens with zero attached hydrogens (tertiary/aromatic N) is 1. The van der Waals surface area contributed by atoms with Crippen LogP contribution in [-0.2, 0) is 16.1 Å². The number of nitrogens with one attached hydrogen (secondary N) is 1. The largest absolute Gasteiger partial charge is 0.444 e. The van der Waals surface area contributed by atoms with E-state index in [2.05, 4.69) is 5.32 Å². The van der Waals surface area contributed by atoms with Gasteiger partial charge in [0, 0.05) is 18.7 Å². The predicted molar refractivity (Wildman–Crippen MR) is 104 cm³/mol. The van der Waals surface area contributed by atoms with Crippen LogP contribution in [0.2, 0.25) is 0 Å². The summed E-state index contributed by atoms with van der Waals surface area (Å²) in [5.41, 5.74) is 1.16. The molecule has 0 bridgehead atoms. The maximum Gasteiger partial charge on any atom is 0.410 e. The Hall–Kier alpha value is -2.04. The van der Waals surface area contributed by atoms with Crippen molar-refractivity contribution in [1.29, 1.82) is 0 Å². The number of amides is 2. The van der Waals surface area contributed by atoms with Crippen molar-refractivity contribution in [3.8, 4) is 0 Å². The van der Waals surface area contributed by atoms with Crippen LogP contribution in [0.5, 0.6) is 0 Å². The predicted octanol–water partition coefficient (Wildman–Crippen LogP) is 4.96. The Bertz CT molecular complexity index is 616. The van der Waals surface area contributed by atoms with Crippen molar-refractivity contribution in [2.45, 2.75) is 71.9 Å². The summed E-state index contributed by atoms with van der Waals surface area (Å²) in [5.74, 6) is 0.570. The second kappa shape index (κ2) is 9.06. The maximum absolute atomic E-state index is 12.4. The monoisotopic (exact) mass is 360 g/mol. The number of hydrogen-bond acceptors (Lipinski definition) is 3. The smallest absolute Gasteiger partial charge is 0.410 e. The standard InChI is InChI=1S/C21H32N2O3/c1-5-23(20(25)26-21(2,3)4)15-17-12-8-9-13-18(17)22-19(24)14-16-10-6-7-11-16/h8-9,12-13,16H,5-7,10-11,14-15H2,1-4H3,(H,22,24). The van der Waals surface area contributed by atoms with Crippen LogP contribution in [0.3, 0.4) is 0 Å². The van der Waals surface area contributed by atoms with Gasteiger partial charge in [-0.25, -0.2) is 4.79 Å². The Morgan fingerprint density at radius 1 is 1.19 bits per heavy atom. The first-order chi connectivity index (χ1) is 12.3. The van der Waals surface area contributed by atoms with Gasteiger partial charge in [0.25, 0.3) is 0 Å². The first-order valence-corrected chi connectivity index (χ1v) is 9.64. The zero-order chi connectivity index (χ0) is 19.2. The second-order valence-electron chi connectivity index (χ2n) is 8.05. The third-order valence-electron chi connectivity index (χ3n) is 4.63. The quantitative estimate of drug-likeness (QED) is 0.780. The van der Waals surface area contributed by atoms with E-state index in [0.717, 1.165) is 24.1 Å². The number of benzene rings is 1. The molecule has 0 saturated heterocycles. The van der Waals surface area contributed by atoms with Crippen LogP contribution in [-0.4, -0.2) is 29.0 Å². The van der Waals surface area contributed by atoms with E-state index in [1.165, 1.54) is 12.8 Å². The lowest BCUT2D eigenvalue weighted by Crippen LogP contribution is -2.36. The molecular weight excluding hydrogens is 328 g/mol. The van der Waals surface area contributed by atoms with Gasteiger partial charge in [-0.2, -0.15) is 0 Å². The molecule has 0 heterocycles. The van der Waals surface area contributed by atoms with Crippen LogP contribution in [0.25, 0.3) is 0 Å². The summed E-state index contributed by atoms with van der Waals surface area (Å²) in [6.45, 7) is 8.44. The van der Waals surface area contributed by atoms with E-state index >= 15 is 0 Å². The Balaban J connectivity index is 2.02. The fourth-order valence-corrected chi connectivity index (χ4v) is 3.30. The summed E-state index contributed by atoms with van der Waals surface area (Å²) in [6, 6.07) is 7.66. The van der Waals surface area contributed by atoms with Crippen LogP contribution < -0.4 is 5.32 Å². The van der Waals surface area contributed by atoms with Crippen molar-refractivity contribution in [2.75, 3.05) is 11.9 Å². The van der Waals surface area contributed by atoms with Crippen LogP contribution >= 0.6 is 0 Å². The average Bonchev–Trinajstić information content (AvgIpc) is 3.05. The van der Waals surface area contributed by atoms with Gasteiger partial charge >= 0.3 is 6.09 Å². The van der Waals surface area contributed by atoms with E-state index in [1.54, 1.807) is 4.90 Å². The number of carbonyl (C=O) groups excluding carboxylic acids is 2. The van der Waals surface area contributed by atoms with Crippen molar-refractivity contribution >= 4 is 17.7 Å². The summed E-state index contributed by atoms with van der Waals surface area (Å²) in [6.07, 6.45) is 5.00. The third kappa shape index (κ3) is 6.36. The first-order valence-electron chi connectivity index (χ1n) is 9.64. The molecular formula is C21H32N2O3. The molecule has 1 aliphatic rings. The summed E-state index contributed by atoms with van der Waals surface area (Å²) >= 11 is 0. The summed E-state index contributed by atoms with van der Waals surface area (Å²) < 4.78 is 5.47. The molecule has 1 N–H and O–H groups in total. The number of anilines is 1. The molecule has 2 amide bonds. The number of rotatable bonds is 6. The lowest BCUT2D eigenvalue weighted by molar-refractivity contribution is -0.117. The van der Waals surface area contributed by atoms with Gasteiger partial charge in [-0.05, 0) is 58.1 Å². The summed E-state index contributed by atoms with van der Waals surface area (Å²) in [4.78, 5) is 26.4. The molecule has 1 aromatic carbocycles. The van der Waals surface area contributed by atoms with Gasteiger partial charge in [0.05, 0.1) is 6.54 Å². The molecule has 1 saturated carbocycles. The van der Waals surface area contributed by atoms with Crippen LogP contribution in [0, 0.1) is 5.92 Å². The Morgan fingerprint density at radius 2 is 1.85 bits per heavy atom. The van der Waals surface area contributed by atoms with Crippen molar-refractivity contribution in [2.24, 2.45) is 5.92 Å². The highest BCUT2D eigenvalue weighted by Gasteiger charge is 2.23. The molecule has 2 rings (SSSR count). The van der Waals surface area contributed by atoms with E-state index in [-0.39, 0.29) is 12.0 Å². The molecule has 1 fully saturated rings. The Morgan fingerprint density at radius 3 is 2.46 bits per heavy atom. The van der Waals surface area contributed by atoms with Crippen molar-refractivity contribution in [3.05, 3.63) is 29.8 Å². The van der Waals surface area contributed by atoms with Gasteiger partial charge in [0.2, 0.25) is 5.91 Å². The molecule has 0 spiro atoms. The number of ether oxygens (including phenoxy) is 1. The zero-order valence-corrected chi connectivity index (χ0v) is 16.5. The van der Waals surface area contributed by atoms with Gasteiger partial charge < -0.3 is 15.0 Å². The normalized spacial score (nSPS) is 14.9. The highest BCUT2D eigenvalue weighted by molar-refractivity contribution is 5.91. The van der Waals surface area contributed by atoms with Gasteiger partial charge in [-0.3, -0.25) is 4.79 Å². The van der Waals surface area contributed by atoms with E-state index in [0.29, 0.717) is 25.4 Å². The van der Waals surface area contributed by atoms with E-state index in [1.807, 2.05) is 52.0 Å². The molecule has 5 heteroatoms. The fourth-order valence-electron chi connectivity index (χ4n) is 3.30. The SMILES string of the molecule is CCN(Cc1ccccc1NC(=O)CC1CCCC1)C(=O)OC(C)(C)C. The fraction of sp³-hybridized carbons (Fsp3) is 0.619. The average molecular weight is 360 g/mol. The molecule has 1 aromatic rings. The number of carbonyl (C=O) groups is 2. The molecule has 0 unspecified atom stereocenters. The highest BCUT2D eigenvalue weighted by Crippen LogP contribution is 2.28. The minimum atomic E-state index is -0.528. The summed E-state index contributed by atoms with van der Waals surface area (Å²) in [7, 11) is 0. The Kier molecular flexibility index (Phi) is 7.06. The first kappa shape index (κ1) is 20.3. The summed E-state index contributed by atoms with van der Waals surface area (Å²) in [5, 5.41) is 3.04. The molecule has 144 valence electrons. The maximum atomic E-state index is 12.4. The van der Waals surface area contributed by atoms with Gasteiger partial charge in [-0.15, -0.1) is 0 Å². The van der Waals surface area contributed by atoms with E-state index < -0.39 is 5.60 Å². The van der Waals surface area contributed by atoms with Crippen molar-refractivity contribution < 1.29 is 14.3 Å². The molecule has 0 aliphatic heterocycles. The molecule has 5 nitrogen and oxygen atoms in total. The molecule has 1 aliphatic carbocycles. The van der Waals surface area contributed by atoms with E-state index in [9.17, 15) is 9.59 Å². The third-order valence-corrected chi connectivity index (χ3v) is 4.63. The Labute approximate surface area is 157 Å². The van der Waals surface area contributed by atoms with Gasteiger partial charge in [-0.1, -0.05) is 31.0 Å². The van der Waals surface area contributed by atoms with Gasteiger partial charge in [0.1, 0.15) is 5.60 Å². The topological polar surface area (TPSA) is 58.6 Å². The number of hydrogen-bond donors (Lipinski definition) is 1. The molecule has 26 heavy (non-hydrogen) atoms. The lowest BCUT2D eigenvalue weighted by atomic mass is 10.0. The molecule has 0 atom stereocenters. The second-order valence-corrected chi connectivity index (χ2v) is 8.05. The highest BCUT2D eigenvalue weighted by atomic mass is 16.6. The lowest BCUT2D eigenvalue weighted by Gasteiger charge is -2.27. The zero-order valence-electron chi connectivity index (χ0n) is 16.5. The minimum Gasteiger partial charge on any atom is -0.444 e. The molecule has 0 aromatic heterocycles. The van der Waals surface area contributed by atoms with Crippen LogP contribution in [0.1, 0.15) is 65.4 Å². The van der Waals surface area contributed by atoms with Crippen molar-refractivity contribution in [3.63, 3.8) is 0 Å². The minimum absolute atomic E-state index is 0.0599.